The van der Waals surface area contributed by atoms with Crippen LogP contribution in [0.15, 0.2) is 35.7 Å². The Kier molecular flexibility index (Phi) is 7.46. The Morgan fingerprint density at radius 2 is 1.89 bits per heavy atom. The lowest BCUT2D eigenvalue weighted by Crippen LogP contribution is -3.28. The van der Waals surface area contributed by atoms with E-state index in [1.165, 1.54) is 48.7 Å². The molecule has 0 aliphatic carbocycles. The molecule has 1 saturated heterocycles. The topological polar surface area (TPSA) is 32.9 Å². The van der Waals surface area contributed by atoms with E-state index in [0.717, 1.165) is 5.69 Å². The number of hydrogen-bond donors (Lipinski definition) is 4. The summed E-state index contributed by atoms with van der Waals surface area (Å²) in [4.78, 5) is 4.85. The molecule has 0 bridgehead atoms. The van der Waals surface area contributed by atoms with Gasteiger partial charge in [0.2, 0.25) is 0 Å². The summed E-state index contributed by atoms with van der Waals surface area (Å²) in [5.74, 6) is 0. The van der Waals surface area contributed by atoms with Crippen LogP contribution >= 0.6 is 23.6 Å². The molecule has 6 heteroatoms. The van der Waals surface area contributed by atoms with Crippen LogP contribution in [-0.4, -0.2) is 43.9 Å². The lowest BCUT2D eigenvalue weighted by molar-refractivity contribution is -1.03. The second kappa shape index (κ2) is 9.83. The average Bonchev–Trinajstić information content (AvgIpc) is 3.20. The third-order valence-electron chi connectivity index (χ3n) is 6.10. The minimum absolute atomic E-state index is 0.266. The van der Waals surface area contributed by atoms with E-state index in [-0.39, 0.29) is 6.04 Å². The maximum absolute atomic E-state index is 5.67. The van der Waals surface area contributed by atoms with Crippen molar-refractivity contribution in [3.8, 4) is 0 Å². The van der Waals surface area contributed by atoms with Crippen molar-refractivity contribution < 1.29 is 9.80 Å². The number of aryl methyl sites for hydroxylation is 1. The van der Waals surface area contributed by atoms with Gasteiger partial charge in [-0.3, -0.25) is 0 Å². The van der Waals surface area contributed by atoms with Crippen LogP contribution in [0.5, 0.6) is 0 Å². The van der Waals surface area contributed by atoms with Gasteiger partial charge in [-0.05, 0) is 68.6 Å². The number of hydrogen-bond acceptors (Lipinski definition) is 2. The normalized spacial score (nSPS) is 21.7. The summed E-state index contributed by atoms with van der Waals surface area (Å²) >= 11 is 7.53. The summed E-state index contributed by atoms with van der Waals surface area (Å²) in [6.45, 7) is 15.0. The highest BCUT2D eigenvalue weighted by Gasteiger charge is 2.34. The van der Waals surface area contributed by atoms with Crippen molar-refractivity contribution in [3.05, 3.63) is 51.7 Å². The fourth-order valence-corrected chi connectivity index (χ4v) is 5.48. The maximum Gasteiger partial charge on any atom is 0.171 e. The highest BCUT2D eigenvalue weighted by atomic mass is 32.1. The summed E-state index contributed by atoms with van der Waals surface area (Å²) in [6, 6.07) is 11.4. The second-order valence-corrected chi connectivity index (χ2v) is 9.28. The molecule has 1 aromatic carbocycles. The van der Waals surface area contributed by atoms with Gasteiger partial charge in [0.25, 0.3) is 0 Å². The molecule has 1 aliphatic heterocycles. The molecular weight excluding hydrogens is 384 g/mol. The van der Waals surface area contributed by atoms with Crippen LogP contribution in [0.1, 0.15) is 35.9 Å². The van der Waals surface area contributed by atoms with Crippen molar-refractivity contribution in [2.24, 2.45) is 0 Å². The zero-order valence-electron chi connectivity index (χ0n) is 17.5. The number of quaternary nitrogens is 2. The molecule has 2 aromatic rings. The zero-order chi connectivity index (χ0) is 20.1. The summed E-state index contributed by atoms with van der Waals surface area (Å²) in [5, 5.41) is 9.89. The number of likely N-dealkylation sites (N-methyl/N-ethyl adjacent to an activating group) is 1. The molecular formula is C22H34N4S2+2. The molecule has 28 heavy (non-hydrogen) atoms. The molecule has 0 amide bonds. The van der Waals surface area contributed by atoms with Crippen molar-refractivity contribution in [3.63, 3.8) is 0 Å². The van der Waals surface area contributed by atoms with Crippen LogP contribution in [-0.2, 0) is 0 Å². The fraction of sp³-hybridized carbons (Fsp3) is 0.500. The molecule has 0 spiro atoms. The predicted molar refractivity (Wildman–Crippen MR) is 124 cm³/mol. The van der Waals surface area contributed by atoms with E-state index >= 15 is 0 Å². The maximum atomic E-state index is 5.67. The molecule has 2 atom stereocenters. The van der Waals surface area contributed by atoms with Crippen molar-refractivity contribution >= 4 is 34.4 Å². The Morgan fingerprint density at radius 3 is 2.54 bits per heavy atom. The SMILES string of the molecule is CC[NH+]1CC[NH+]([C@@H](c2cccs2)[C@H](C)NC(=S)Nc2cccc(C)c2C)CC1. The number of piperazine rings is 1. The van der Waals surface area contributed by atoms with E-state index in [0.29, 0.717) is 11.2 Å². The molecule has 152 valence electrons. The van der Waals surface area contributed by atoms with Gasteiger partial charge in [0.1, 0.15) is 32.2 Å². The summed E-state index contributed by atoms with van der Waals surface area (Å²) < 4.78 is 0. The van der Waals surface area contributed by atoms with Gasteiger partial charge in [0.15, 0.2) is 5.11 Å². The highest BCUT2D eigenvalue weighted by molar-refractivity contribution is 7.80. The molecule has 1 fully saturated rings. The van der Waals surface area contributed by atoms with Crippen LogP contribution in [0.25, 0.3) is 0 Å². The number of nitrogens with one attached hydrogen (secondary N) is 4. The van der Waals surface area contributed by atoms with Gasteiger partial charge < -0.3 is 20.4 Å². The standard InChI is InChI=1S/C22H32N4S2/c1-5-25-11-13-26(14-12-25)21(20-10-7-15-28-20)18(4)23-22(27)24-19-9-6-8-16(2)17(19)3/h6-10,15,18,21H,5,11-14H2,1-4H3,(H2,23,24,27)/p+2/t18-,21+/m0/s1. The van der Waals surface area contributed by atoms with Crippen LogP contribution < -0.4 is 20.4 Å². The highest BCUT2D eigenvalue weighted by Crippen LogP contribution is 2.21. The van der Waals surface area contributed by atoms with Crippen molar-refractivity contribution in [1.29, 1.82) is 0 Å². The fourth-order valence-electron chi connectivity index (χ4n) is 4.19. The number of rotatable bonds is 6. The van der Waals surface area contributed by atoms with E-state index in [9.17, 15) is 0 Å². The molecule has 1 aromatic heterocycles. The van der Waals surface area contributed by atoms with Crippen molar-refractivity contribution in [2.45, 2.75) is 39.8 Å². The van der Waals surface area contributed by atoms with Gasteiger partial charge in [-0.1, -0.05) is 18.2 Å². The first-order valence-electron chi connectivity index (χ1n) is 10.3. The summed E-state index contributed by atoms with van der Waals surface area (Å²) in [5.41, 5.74) is 3.61. The molecule has 1 aliphatic rings. The zero-order valence-corrected chi connectivity index (χ0v) is 19.1. The van der Waals surface area contributed by atoms with Gasteiger partial charge in [-0.15, -0.1) is 11.3 Å². The second-order valence-electron chi connectivity index (χ2n) is 7.89. The Hall–Kier alpha value is -1.47. The Labute approximate surface area is 178 Å². The molecule has 0 unspecified atom stereocenters. The van der Waals surface area contributed by atoms with Crippen LogP contribution in [0.3, 0.4) is 0 Å². The van der Waals surface area contributed by atoms with Gasteiger partial charge in [0.05, 0.1) is 17.5 Å². The molecule has 0 saturated carbocycles. The largest absolute Gasteiger partial charge is 0.354 e. The predicted octanol–water partition coefficient (Wildman–Crippen LogP) is 1.58. The Bertz CT molecular complexity index is 767. The number of thiocarbonyl (C=S) groups is 1. The van der Waals surface area contributed by atoms with Gasteiger partial charge in [0, 0.05) is 5.69 Å². The van der Waals surface area contributed by atoms with Crippen molar-refractivity contribution in [2.75, 3.05) is 38.0 Å². The van der Waals surface area contributed by atoms with Crippen LogP contribution in [0, 0.1) is 13.8 Å². The number of thiophene rings is 1. The average molecular weight is 419 g/mol. The minimum atomic E-state index is 0.266. The van der Waals surface area contributed by atoms with E-state index in [1.54, 1.807) is 9.80 Å². The van der Waals surface area contributed by atoms with Crippen molar-refractivity contribution in [1.82, 2.24) is 5.32 Å². The Morgan fingerprint density at radius 1 is 1.14 bits per heavy atom. The first kappa shape index (κ1) is 21.2. The minimum Gasteiger partial charge on any atom is -0.354 e. The monoisotopic (exact) mass is 418 g/mol. The van der Waals surface area contributed by atoms with E-state index in [4.69, 9.17) is 12.2 Å². The number of anilines is 1. The van der Waals surface area contributed by atoms with Gasteiger partial charge >= 0.3 is 0 Å². The molecule has 3 rings (SSSR count). The van der Waals surface area contributed by atoms with Crippen LogP contribution in [0.4, 0.5) is 5.69 Å². The number of benzene rings is 1. The van der Waals surface area contributed by atoms with E-state index in [2.05, 4.69) is 74.0 Å². The lowest BCUT2D eigenvalue weighted by atomic mass is 10.0. The lowest BCUT2D eigenvalue weighted by Gasteiger charge is -2.37. The molecule has 4 nitrogen and oxygen atoms in total. The first-order chi connectivity index (χ1) is 13.5. The third kappa shape index (κ3) is 5.11. The smallest absolute Gasteiger partial charge is 0.171 e. The first-order valence-corrected chi connectivity index (χ1v) is 11.6. The molecule has 4 N–H and O–H groups in total. The van der Waals surface area contributed by atoms with E-state index in [1.807, 2.05) is 11.3 Å². The quantitative estimate of drug-likeness (QED) is 0.538. The van der Waals surface area contributed by atoms with E-state index < -0.39 is 0 Å². The molecule has 0 radical (unpaired) electrons. The molecule has 2 heterocycles. The van der Waals surface area contributed by atoms with Gasteiger partial charge in [-0.25, -0.2) is 0 Å². The Balaban J connectivity index is 1.68. The third-order valence-corrected chi connectivity index (χ3v) is 7.28. The summed E-state index contributed by atoms with van der Waals surface area (Å²) in [6.07, 6.45) is 0. The van der Waals surface area contributed by atoms with Crippen LogP contribution in [0.2, 0.25) is 0 Å². The summed E-state index contributed by atoms with van der Waals surface area (Å²) in [7, 11) is 0. The van der Waals surface area contributed by atoms with Gasteiger partial charge in [-0.2, -0.15) is 0 Å².